The van der Waals surface area contributed by atoms with E-state index in [1.54, 1.807) is 0 Å². The Morgan fingerprint density at radius 3 is 2.41 bits per heavy atom. The number of fused-ring (bicyclic) bond motifs is 5. The van der Waals surface area contributed by atoms with Crippen LogP contribution in [0.4, 0.5) is 0 Å². The topological polar surface area (TPSA) is 49.2 Å². The zero-order valence-corrected chi connectivity index (χ0v) is 22.1. The SMILES string of the molecule is CCCc1c2c(nc3c1c(-c1ccccc1)nn3-c1ccccc1)Oc1ccc3ccc(OCC)cc3c1C2. The quantitative estimate of drug-likeness (QED) is 0.225. The number of ether oxygens (including phenoxy) is 2. The zero-order valence-electron chi connectivity index (χ0n) is 22.1. The Balaban J connectivity index is 1.50. The molecule has 5 heteroatoms. The fourth-order valence-electron chi connectivity index (χ4n) is 5.73. The first-order chi connectivity index (χ1) is 19.2. The first-order valence-electron chi connectivity index (χ1n) is 13.7. The van der Waals surface area contributed by atoms with Crippen molar-refractivity contribution < 1.29 is 9.47 Å². The summed E-state index contributed by atoms with van der Waals surface area (Å²) in [4.78, 5) is 5.16. The van der Waals surface area contributed by atoms with Gasteiger partial charge in [0.1, 0.15) is 17.2 Å². The van der Waals surface area contributed by atoms with E-state index >= 15 is 0 Å². The molecule has 0 saturated heterocycles. The minimum absolute atomic E-state index is 0.635. The van der Waals surface area contributed by atoms with Gasteiger partial charge in [-0.25, -0.2) is 4.68 Å². The Bertz CT molecular complexity index is 1830. The highest BCUT2D eigenvalue weighted by Crippen LogP contribution is 2.45. The van der Waals surface area contributed by atoms with Gasteiger partial charge in [0.2, 0.25) is 5.88 Å². The standard InChI is InChI=1S/C34H29N3O2/c1-3-11-26-29-21-28-27-20-25(38-4-2)18-16-22(27)17-19-30(28)39-34(29)35-33-31(26)32(23-12-7-5-8-13-23)36-37(33)24-14-9-6-10-15-24/h5-10,12-20H,3-4,11,21H2,1-2H3. The molecule has 2 aromatic heterocycles. The summed E-state index contributed by atoms with van der Waals surface area (Å²) in [5, 5.41) is 8.60. The highest BCUT2D eigenvalue weighted by atomic mass is 16.5. The maximum Gasteiger partial charge on any atom is 0.225 e. The smallest absolute Gasteiger partial charge is 0.225 e. The fourth-order valence-corrected chi connectivity index (χ4v) is 5.73. The molecule has 4 aromatic carbocycles. The van der Waals surface area contributed by atoms with Crippen LogP contribution in [0.5, 0.6) is 17.4 Å². The second-order valence-corrected chi connectivity index (χ2v) is 9.92. The summed E-state index contributed by atoms with van der Waals surface area (Å²) in [5.74, 6) is 2.41. The Morgan fingerprint density at radius 2 is 1.64 bits per heavy atom. The number of hydrogen-bond donors (Lipinski definition) is 0. The van der Waals surface area contributed by atoms with E-state index < -0.39 is 0 Å². The number of hydrogen-bond acceptors (Lipinski definition) is 4. The molecule has 0 saturated carbocycles. The number of rotatable bonds is 6. The molecule has 6 aromatic rings. The second-order valence-electron chi connectivity index (χ2n) is 9.92. The Morgan fingerprint density at radius 1 is 0.872 bits per heavy atom. The summed E-state index contributed by atoms with van der Waals surface area (Å²) in [6.07, 6.45) is 2.67. The lowest BCUT2D eigenvalue weighted by Gasteiger charge is -2.24. The van der Waals surface area contributed by atoms with Crippen molar-refractivity contribution in [2.24, 2.45) is 0 Å². The van der Waals surface area contributed by atoms with E-state index in [4.69, 9.17) is 19.6 Å². The molecule has 0 N–H and O–H groups in total. The maximum atomic E-state index is 6.59. The number of benzene rings is 4. The average molecular weight is 512 g/mol. The van der Waals surface area contributed by atoms with Gasteiger partial charge in [-0.15, -0.1) is 0 Å². The number of aryl methyl sites for hydroxylation is 1. The molecule has 0 spiro atoms. The lowest BCUT2D eigenvalue weighted by atomic mass is 9.90. The van der Waals surface area contributed by atoms with Crippen LogP contribution in [0.1, 0.15) is 37.0 Å². The summed E-state index contributed by atoms with van der Waals surface area (Å²) in [5.41, 5.74) is 7.43. The molecule has 192 valence electrons. The number of aromatic nitrogens is 3. The molecule has 1 aliphatic heterocycles. The van der Waals surface area contributed by atoms with Crippen molar-refractivity contribution in [1.82, 2.24) is 14.8 Å². The Hall–Kier alpha value is -4.64. The number of nitrogens with zero attached hydrogens (tertiary/aromatic N) is 3. The summed E-state index contributed by atoms with van der Waals surface area (Å²) in [6, 6.07) is 31.1. The number of pyridine rings is 1. The largest absolute Gasteiger partial charge is 0.494 e. The predicted octanol–water partition coefficient (Wildman–Crippen LogP) is 8.29. The Labute approximate surface area is 227 Å². The van der Waals surface area contributed by atoms with Gasteiger partial charge in [-0.2, -0.15) is 10.1 Å². The molecule has 1 aliphatic rings. The molecule has 3 heterocycles. The summed E-state index contributed by atoms with van der Waals surface area (Å²) in [7, 11) is 0. The molecular weight excluding hydrogens is 482 g/mol. The van der Waals surface area contributed by atoms with Gasteiger partial charge in [-0.1, -0.05) is 74.0 Å². The van der Waals surface area contributed by atoms with E-state index in [0.717, 1.165) is 69.7 Å². The third-order valence-electron chi connectivity index (χ3n) is 7.47. The van der Waals surface area contributed by atoms with Gasteiger partial charge < -0.3 is 9.47 Å². The molecular formula is C34H29N3O2. The fraction of sp³-hybridized carbons (Fsp3) is 0.176. The highest BCUT2D eigenvalue weighted by Gasteiger charge is 2.28. The normalized spacial score (nSPS) is 12.3. The predicted molar refractivity (Wildman–Crippen MR) is 156 cm³/mol. The van der Waals surface area contributed by atoms with Gasteiger partial charge in [-0.05, 0) is 60.0 Å². The molecule has 0 bridgehead atoms. The summed E-state index contributed by atoms with van der Waals surface area (Å²) >= 11 is 0. The van der Waals surface area contributed by atoms with Crippen LogP contribution in [0.2, 0.25) is 0 Å². The number of para-hydroxylation sites is 1. The van der Waals surface area contributed by atoms with Gasteiger partial charge in [0.15, 0.2) is 5.65 Å². The van der Waals surface area contributed by atoms with Gasteiger partial charge in [0, 0.05) is 23.1 Å². The van der Waals surface area contributed by atoms with Gasteiger partial charge in [0.25, 0.3) is 0 Å². The minimum atomic E-state index is 0.635. The van der Waals surface area contributed by atoms with Crippen LogP contribution >= 0.6 is 0 Å². The highest BCUT2D eigenvalue weighted by molar-refractivity contribution is 5.97. The lowest BCUT2D eigenvalue weighted by Crippen LogP contribution is -2.10. The van der Waals surface area contributed by atoms with Crippen molar-refractivity contribution in [3.05, 3.63) is 108 Å². The third kappa shape index (κ3) is 3.93. The molecule has 0 fully saturated rings. The van der Waals surface area contributed by atoms with E-state index in [1.807, 2.05) is 41.9 Å². The molecule has 7 rings (SSSR count). The van der Waals surface area contributed by atoms with E-state index in [9.17, 15) is 0 Å². The maximum absolute atomic E-state index is 6.59. The van der Waals surface area contributed by atoms with Crippen molar-refractivity contribution in [3.8, 4) is 34.3 Å². The minimum Gasteiger partial charge on any atom is -0.494 e. The van der Waals surface area contributed by atoms with E-state index in [2.05, 4.69) is 67.6 Å². The lowest BCUT2D eigenvalue weighted by molar-refractivity contribution is 0.340. The van der Waals surface area contributed by atoms with Crippen molar-refractivity contribution in [3.63, 3.8) is 0 Å². The average Bonchev–Trinajstić information content (AvgIpc) is 3.36. The van der Waals surface area contributed by atoms with Crippen LogP contribution in [0, 0.1) is 0 Å². The molecule has 0 atom stereocenters. The van der Waals surface area contributed by atoms with E-state index in [-0.39, 0.29) is 0 Å². The molecule has 0 amide bonds. The molecule has 0 unspecified atom stereocenters. The Kier molecular flexibility index (Phi) is 5.77. The molecule has 5 nitrogen and oxygen atoms in total. The van der Waals surface area contributed by atoms with Crippen LogP contribution < -0.4 is 9.47 Å². The van der Waals surface area contributed by atoms with Gasteiger partial charge in [0.05, 0.1) is 17.7 Å². The van der Waals surface area contributed by atoms with E-state index in [0.29, 0.717) is 12.5 Å². The first-order valence-corrected chi connectivity index (χ1v) is 13.7. The summed E-state index contributed by atoms with van der Waals surface area (Å²) < 4.78 is 14.4. The second kappa shape index (κ2) is 9.59. The summed E-state index contributed by atoms with van der Waals surface area (Å²) in [6.45, 7) is 4.87. The van der Waals surface area contributed by atoms with Crippen LogP contribution in [0.15, 0.2) is 91.0 Å². The van der Waals surface area contributed by atoms with Gasteiger partial charge >= 0.3 is 0 Å². The van der Waals surface area contributed by atoms with Crippen molar-refractivity contribution in [2.45, 2.75) is 33.1 Å². The molecule has 0 radical (unpaired) electrons. The molecule has 39 heavy (non-hydrogen) atoms. The zero-order chi connectivity index (χ0) is 26.3. The van der Waals surface area contributed by atoms with Gasteiger partial charge in [-0.3, -0.25) is 0 Å². The van der Waals surface area contributed by atoms with Crippen LogP contribution in [-0.2, 0) is 12.8 Å². The monoisotopic (exact) mass is 511 g/mol. The van der Waals surface area contributed by atoms with Crippen LogP contribution in [0.3, 0.4) is 0 Å². The van der Waals surface area contributed by atoms with Crippen molar-refractivity contribution in [1.29, 1.82) is 0 Å². The van der Waals surface area contributed by atoms with E-state index in [1.165, 1.54) is 16.5 Å². The molecule has 0 aliphatic carbocycles. The first kappa shape index (κ1) is 23.5. The third-order valence-corrected chi connectivity index (χ3v) is 7.47. The van der Waals surface area contributed by atoms with Crippen LogP contribution in [0.25, 0.3) is 38.8 Å². The van der Waals surface area contributed by atoms with Crippen LogP contribution in [-0.4, -0.2) is 21.4 Å². The van der Waals surface area contributed by atoms with Crippen molar-refractivity contribution in [2.75, 3.05) is 6.61 Å². The van der Waals surface area contributed by atoms with Crippen molar-refractivity contribution >= 4 is 21.8 Å².